The Morgan fingerprint density at radius 1 is 1.48 bits per heavy atom. The smallest absolute Gasteiger partial charge is 0.241 e. The number of benzene rings is 1. The molecule has 2 rings (SSSR count). The van der Waals surface area contributed by atoms with Gasteiger partial charge in [0.05, 0.1) is 10.9 Å². The van der Waals surface area contributed by atoms with Gasteiger partial charge in [-0.05, 0) is 12.5 Å². The van der Waals surface area contributed by atoms with Crippen LogP contribution in [0.5, 0.6) is 0 Å². The van der Waals surface area contributed by atoms with Crippen molar-refractivity contribution in [2.45, 2.75) is 24.3 Å². The first-order valence-electron chi connectivity index (χ1n) is 6.26. The second-order valence-electron chi connectivity index (χ2n) is 4.31. The number of nitrogens with zero attached hydrogens (tertiary/aromatic N) is 1. The zero-order valence-electron chi connectivity index (χ0n) is 11.3. The van der Waals surface area contributed by atoms with E-state index in [9.17, 15) is 8.42 Å². The van der Waals surface area contributed by atoms with Crippen LogP contribution in [0, 0.1) is 0 Å². The first kappa shape index (κ1) is 16.0. The van der Waals surface area contributed by atoms with Crippen LogP contribution in [-0.2, 0) is 10.0 Å². The maximum atomic E-state index is 12.6. The highest BCUT2D eigenvalue weighted by Crippen LogP contribution is 2.23. The number of nitrogens with one attached hydrogen (secondary N) is 1. The largest absolute Gasteiger partial charge is 0.389 e. The molecule has 21 heavy (non-hydrogen) atoms. The van der Waals surface area contributed by atoms with Gasteiger partial charge in [-0.2, -0.15) is 0 Å². The Bertz CT molecular complexity index is 727. The summed E-state index contributed by atoms with van der Waals surface area (Å²) < 4.78 is 27.8. The predicted molar refractivity (Wildman–Crippen MR) is 87.8 cm³/mol. The first-order chi connectivity index (χ1) is 9.95. The van der Waals surface area contributed by atoms with E-state index >= 15 is 0 Å². The van der Waals surface area contributed by atoms with Crippen molar-refractivity contribution in [1.82, 2.24) is 9.71 Å². The van der Waals surface area contributed by atoms with E-state index in [4.69, 9.17) is 18.0 Å². The molecule has 2 aromatic rings. The third-order valence-corrected chi connectivity index (χ3v) is 5.54. The molecule has 0 fully saturated rings. The Hall–Kier alpha value is -1.35. The summed E-state index contributed by atoms with van der Waals surface area (Å²) in [5.41, 5.74) is 5.94. The van der Waals surface area contributed by atoms with E-state index in [1.165, 1.54) is 17.4 Å². The zero-order valence-corrected chi connectivity index (χ0v) is 13.8. The van der Waals surface area contributed by atoms with Crippen molar-refractivity contribution in [2.75, 3.05) is 0 Å². The monoisotopic (exact) mass is 341 g/mol. The van der Waals surface area contributed by atoms with Gasteiger partial charge < -0.3 is 5.73 Å². The summed E-state index contributed by atoms with van der Waals surface area (Å²) in [5, 5.41) is 2.55. The minimum Gasteiger partial charge on any atom is -0.389 e. The Kier molecular flexibility index (Phi) is 5.04. The zero-order chi connectivity index (χ0) is 15.5. The van der Waals surface area contributed by atoms with Gasteiger partial charge in [-0.15, -0.1) is 11.3 Å². The molecule has 1 unspecified atom stereocenters. The van der Waals surface area contributed by atoms with Crippen LogP contribution in [0.25, 0.3) is 0 Å². The lowest BCUT2D eigenvalue weighted by Crippen LogP contribution is -2.30. The van der Waals surface area contributed by atoms with Gasteiger partial charge in [0, 0.05) is 17.1 Å². The van der Waals surface area contributed by atoms with E-state index in [1.807, 2.05) is 12.3 Å². The molecule has 0 aliphatic carbocycles. The summed E-state index contributed by atoms with van der Waals surface area (Å²) >= 11 is 6.33. The summed E-state index contributed by atoms with van der Waals surface area (Å²) in [5.74, 6) is 0. The van der Waals surface area contributed by atoms with E-state index in [-0.39, 0.29) is 15.9 Å². The molecule has 0 amide bonds. The highest BCUT2D eigenvalue weighted by Gasteiger charge is 2.24. The molecule has 0 aliphatic heterocycles. The summed E-state index contributed by atoms with van der Waals surface area (Å²) in [6.45, 7) is 1.90. The van der Waals surface area contributed by atoms with Crippen molar-refractivity contribution in [3.8, 4) is 0 Å². The fourth-order valence-corrected chi connectivity index (χ4v) is 4.47. The lowest BCUT2D eigenvalue weighted by Gasteiger charge is -2.16. The second-order valence-corrected chi connectivity index (χ2v) is 7.36. The lowest BCUT2D eigenvalue weighted by atomic mass is 10.2. The van der Waals surface area contributed by atoms with Gasteiger partial charge in [0.25, 0.3) is 0 Å². The highest BCUT2D eigenvalue weighted by molar-refractivity contribution is 7.89. The number of thiazole rings is 1. The van der Waals surface area contributed by atoms with Gasteiger partial charge >= 0.3 is 0 Å². The SMILES string of the molecule is CCC(NS(=O)(=O)c1ccccc1C(N)=S)c1nccs1. The van der Waals surface area contributed by atoms with E-state index in [0.29, 0.717) is 12.0 Å². The minimum atomic E-state index is -3.72. The van der Waals surface area contributed by atoms with Crippen molar-refractivity contribution in [3.63, 3.8) is 0 Å². The van der Waals surface area contributed by atoms with Crippen molar-refractivity contribution in [3.05, 3.63) is 46.4 Å². The van der Waals surface area contributed by atoms with Crippen molar-refractivity contribution >= 4 is 38.6 Å². The van der Waals surface area contributed by atoms with Gasteiger partial charge in [0.2, 0.25) is 10.0 Å². The summed E-state index contributed by atoms with van der Waals surface area (Å²) in [4.78, 5) is 4.31. The number of hydrogen-bond donors (Lipinski definition) is 2. The van der Waals surface area contributed by atoms with E-state index in [0.717, 1.165) is 5.01 Å². The summed E-state index contributed by atoms with van der Waals surface area (Å²) in [7, 11) is -3.72. The third-order valence-electron chi connectivity index (χ3n) is 2.90. The number of nitrogens with two attached hydrogens (primary N) is 1. The van der Waals surface area contributed by atoms with Gasteiger partial charge in [-0.1, -0.05) is 37.3 Å². The molecule has 0 aliphatic rings. The topological polar surface area (TPSA) is 85.1 Å². The van der Waals surface area contributed by atoms with Crippen LogP contribution in [0.15, 0.2) is 40.7 Å². The number of sulfonamides is 1. The Labute approximate surface area is 133 Å². The number of aromatic nitrogens is 1. The van der Waals surface area contributed by atoms with Crippen LogP contribution in [0.2, 0.25) is 0 Å². The fraction of sp³-hybridized carbons (Fsp3) is 0.231. The average Bonchev–Trinajstić information content (AvgIpc) is 2.99. The fourth-order valence-electron chi connectivity index (χ4n) is 1.87. The maximum absolute atomic E-state index is 12.6. The third kappa shape index (κ3) is 3.65. The number of thiocarbonyl (C=S) groups is 1. The molecular formula is C13H15N3O2S3. The first-order valence-corrected chi connectivity index (χ1v) is 9.03. The van der Waals surface area contributed by atoms with Gasteiger partial charge in [-0.25, -0.2) is 18.1 Å². The molecule has 8 heteroatoms. The summed E-state index contributed by atoms with van der Waals surface area (Å²) in [6.07, 6.45) is 2.25. The Morgan fingerprint density at radius 3 is 2.76 bits per heavy atom. The second kappa shape index (κ2) is 6.61. The van der Waals surface area contributed by atoms with Gasteiger partial charge in [0.15, 0.2) is 0 Å². The van der Waals surface area contributed by atoms with Crippen molar-refractivity contribution < 1.29 is 8.42 Å². The summed E-state index contributed by atoms with van der Waals surface area (Å²) in [6, 6.07) is 6.06. The van der Waals surface area contributed by atoms with Crippen LogP contribution in [0.1, 0.15) is 30.0 Å². The molecule has 0 radical (unpaired) electrons. The number of rotatable bonds is 6. The molecule has 3 N–H and O–H groups in total. The molecule has 0 saturated heterocycles. The van der Waals surface area contributed by atoms with Crippen molar-refractivity contribution in [2.24, 2.45) is 5.73 Å². The van der Waals surface area contributed by atoms with Crippen molar-refractivity contribution in [1.29, 1.82) is 0 Å². The van der Waals surface area contributed by atoms with Gasteiger partial charge in [-0.3, -0.25) is 0 Å². The molecule has 1 aromatic carbocycles. The molecule has 1 heterocycles. The maximum Gasteiger partial charge on any atom is 0.241 e. The normalized spacial score (nSPS) is 13.0. The van der Waals surface area contributed by atoms with Crippen LogP contribution in [0.4, 0.5) is 0 Å². The molecular weight excluding hydrogens is 326 g/mol. The molecule has 5 nitrogen and oxygen atoms in total. The molecule has 112 valence electrons. The minimum absolute atomic E-state index is 0.0540. The predicted octanol–water partition coefficient (Wildman–Crippen LogP) is 2.21. The Balaban J connectivity index is 2.37. The van der Waals surface area contributed by atoms with E-state index < -0.39 is 10.0 Å². The lowest BCUT2D eigenvalue weighted by molar-refractivity contribution is 0.549. The van der Waals surface area contributed by atoms with Crippen LogP contribution >= 0.6 is 23.6 Å². The average molecular weight is 341 g/mol. The van der Waals surface area contributed by atoms with Crippen LogP contribution in [-0.4, -0.2) is 18.4 Å². The molecule has 0 bridgehead atoms. The highest BCUT2D eigenvalue weighted by atomic mass is 32.2. The van der Waals surface area contributed by atoms with E-state index in [1.54, 1.807) is 24.4 Å². The molecule has 1 atom stereocenters. The quantitative estimate of drug-likeness (QED) is 0.787. The van der Waals surface area contributed by atoms with Crippen LogP contribution in [0.3, 0.4) is 0 Å². The molecule has 0 saturated carbocycles. The van der Waals surface area contributed by atoms with Gasteiger partial charge in [0.1, 0.15) is 10.00 Å². The molecule has 1 aromatic heterocycles. The Morgan fingerprint density at radius 2 is 2.19 bits per heavy atom. The molecule has 0 spiro atoms. The number of hydrogen-bond acceptors (Lipinski definition) is 5. The van der Waals surface area contributed by atoms with E-state index in [2.05, 4.69) is 9.71 Å². The van der Waals surface area contributed by atoms with Crippen LogP contribution < -0.4 is 10.5 Å². The standard InChI is InChI=1S/C13H15N3O2S3/c1-2-10(13-15-7-8-20-13)16-21(17,18)11-6-4-3-5-9(11)12(14)19/h3-8,10,16H,2H2,1H3,(H2,14,19).